The number of carbonyl (C=O) groups excluding carboxylic acids is 2. The van der Waals surface area contributed by atoms with E-state index in [1.54, 1.807) is 0 Å². The molecule has 1 aliphatic heterocycles. The van der Waals surface area contributed by atoms with Gasteiger partial charge in [-0.3, -0.25) is 9.59 Å². The van der Waals surface area contributed by atoms with Gasteiger partial charge < -0.3 is 38.8 Å². The molecule has 0 amide bonds. The molecule has 14 heteroatoms. The normalized spacial score (nSPS) is 20.5. The summed E-state index contributed by atoms with van der Waals surface area (Å²) >= 11 is 0. The van der Waals surface area contributed by atoms with Crippen LogP contribution >= 0.6 is 0 Å². The molecule has 0 aromatic rings. The fourth-order valence-corrected chi connectivity index (χ4v) is 7.26. The van der Waals surface area contributed by atoms with E-state index >= 15 is 0 Å². The van der Waals surface area contributed by atoms with Crippen molar-refractivity contribution in [2.45, 2.75) is 218 Å². The molecule has 0 bridgehead atoms. The van der Waals surface area contributed by atoms with Gasteiger partial charge in [-0.25, -0.2) is 8.42 Å². The van der Waals surface area contributed by atoms with Crippen LogP contribution < -0.4 is 29.6 Å². The summed E-state index contributed by atoms with van der Waals surface area (Å²) in [5, 5.41) is 30.8. The van der Waals surface area contributed by atoms with Crippen molar-refractivity contribution in [1.29, 1.82) is 0 Å². The van der Waals surface area contributed by atoms with Gasteiger partial charge in [0.2, 0.25) is 0 Å². The van der Waals surface area contributed by atoms with Crippen molar-refractivity contribution in [3.63, 3.8) is 0 Å². The number of hydrogen-bond donors (Lipinski definition) is 3. The number of rotatable bonds is 36. The molecule has 0 saturated carbocycles. The third-order valence-electron chi connectivity index (χ3n) is 10.0. The van der Waals surface area contributed by atoms with E-state index in [9.17, 15) is 37.9 Å². The molecule has 6 atom stereocenters. The summed E-state index contributed by atoms with van der Waals surface area (Å²) in [5.41, 5.74) is 0. The zero-order valence-corrected chi connectivity index (χ0v) is 38.5. The van der Waals surface area contributed by atoms with E-state index in [-0.39, 0.29) is 49.0 Å². The molecule has 0 radical (unpaired) electrons. The summed E-state index contributed by atoms with van der Waals surface area (Å²) in [6, 6.07) is 0. The number of aliphatic hydroxyl groups excluding tert-OH is 3. The molecule has 0 aromatic heterocycles. The van der Waals surface area contributed by atoms with Crippen LogP contribution in [0.25, 0.3) is 0 Å². The Balaban J connectivity index is 0.0000314. The first-order valence-corrected chi connectivity index (χ1v) is 23.5. The van der Waals surface area contributed by atoms with Gasteiger partial charge in [0.25, 0.3) is 0 Å². The van der Waals surface area contributed by atoms with Gasteiger partial charge in [-0.1, -0.05) is 147 Å². The quantitative estimate of drug-likeness (QED) is 0.0249. The fraction of sp³-hybridized carbons (Fsp3) is 0.860. The van der Waals surface area contributed by atoms with Crippen LogP contribution in [0.2, 0.25) is 0 Å². The Morgan fingerprint density at radius 3 is 1.61 bits per heavy atom. The second-order valence-electron chi connectivity index (χ2n) is 15.3. The van der Waals surface area contributed by atoms with E-state index < -0.39 is 71.2 Å². The molecule has 0 aromatic carbocycles. The third kappa shape index (κ3) is 31.6. The largest absolute Gasteiger partial charge is 1.00 e. The van der Waals surface area contributed by atoms with E-state index in [0.29, 0.717) is 12.8 Å². The zero-order valence-electron chi connectivity index (χ0n) is 35.7. The number of hydrogen-bond acceptors (Lipinski definition) is 12. The Morgan fingerprint density at radius 1 is 0.632 bits per heavy atom. The van der Waals surface area contributed by atoms with Gasteiger partial charge in [-0.2, -0.15) is 0 Å². The molecule has 12 nitrogen and oxygen atoms in total. The number of unbranched alkanes of at least 4 members (excludes halogenated alkanes) is 20. The smallest absolute Gasteiger partial charge is 0.748 e. The third-order valence-corrected chi connectivity index (χ3v) is 10.8. The van der Waals surface area contributed by atoms with Crippen molar-refractivity contribution in [1.82, 2.24) is 0 Å². The van der Waals surface area contributed by atoms with Gasteiger partial charge in [0.1, 0.15) is 31.0 Å². The first kappa shape index (κ1) is 56.1. The second-order valence-corrected chi connectivity index (χ2v) is 16.8. The minimum atomic E-state index is -4.85. The minimum Gasteiger partial charge on any atom is -0.748 e. The van der Waals surface area contributed by atoms with E-state index in [0.717, 1.165) is 64.2 Å². The maximum absolute atomic E-state index is 12.8. The number of allylic oxidation sites excluding steroid dienone is 4. The van der Waals surface area contributed by atoms with Gasteiger partial charge in [-0.15, -0.1) is 0 Å². The molecule has 57 heavy (non-hydrogen) atoms. The summed E-state index contributed by atoms with van der Waals surface area (Å²) in [4.78, 5) is 25.3. The Labute approximate surface area is 367 Å². The molecule has 1 saturated heterocycles. The van der Waals surface area contributed by atoms with Gasteiger partial charge in [0.15, 0.2) is 12.4 Å². The molecular formula is C43H77NaO12S. The summed E-state index contributed by atoms with van der Waals surface area (Å²) in [5.74, 6) is -2.12. The summed E-state index contributed by atoms with van der Waals surface area (Å²) in [6.45, 7) is 3.69. The van der Waals surface area contributed by atoms with Gasteiger partial charge in [0.05, 0.1) is 22.5 Å². The summed E-state index contributed by atoms with van der Waals surface area (Å²) in [7, 11) is -4.85. The summed E-state index contributed by atoms with van der Waals surface area (Å²) < 4.78 is 55.7. The maximum atomic E-state index is 12.8. The Kier molecular flexibility index (Phi) is 36.4. The molecule has 0 unspecified atom stereocenters. The van der Waals surface area contributed by atoms with Gasteiger partial charge in [-0.05, 0) is 44.9 Å². The fourth-order valence-electron chi connectivity index (χ4n) is 6.58. The van der Waals surface area contributed by atoms with Crippen molar-refractivity contribution in [2.24, 2.45) is 0 Å². The first-order chi connectivity index (χ1) is 27.0. The number of ether oxygens (including phenoxy) is 4. The SMILES string of the molecule is CCCCC/C=C\C/C=C\CCCCCCCC(=O)OC[C@H](CO[C@H]1O[C@H](CS(=O)(=O)[O-])[C@@H](O)[C@H](O)[C@H]1O)OC(=O)CCCCCCCCCCCCCCC.[Na+]. The van der Waals surface area contributed by atoms with Gasteiger partial charge in [0, 0.05) is 12.8 Å². The number of esters is 2. The molecule has 328 valence electrons. The van der Waals surface area contributed by atoms with Crippen LogP contribution in [0.3, 0.4) is 0 Å². The number of aliphatic hydroxyl groups is 3. The molecule has 1 heterocycles. The average Bonchev–Trinajstić information content (AvgIpc) is 3.16. The molecule has 1 rings (SSSR count). The predicted octanol–water partition coefficient (Wildman–Crippen LogP) is 5.11. The monoisotopic (exact) mass is 841 g/mol. The molecular weight excluding hydrogens is 764 g/mol. The van der Waals surface area contributed by atoms with E-state index in [4.69, 9.17) is 18.9 Å². The first-order valence-electron chi connectivity index (χ1n) is 21.9. The van der Waals surface area contributed by atoms with Crippen molar-refractivity contribution >= 4 is 22.1 Å². The molecule has 0 spiro atoms. The van der Waals surface area contributed by atoms with Crippen LogP contribution in [0.4, 0.5) is 0 Å². The van der Waals surface area contributed by atoms with Crippen molar-refractivity contribution in [2.75, 3.05) is 19.0 Å². The number of carbonyl (C=O) groups is 2. The molecule has 3 N–H and O–H groups in total. The molecule has 1 fully saturated rings. The van der Waals surface area contributed by atoms with Crippen LogP contribution in [0.15, 0.2) is 24.3 Å². The molecule has 0 aliphatic carbocycles. The second kappa shape index (κ2) is 36.9. The topological polar surface area (TPSA) is 189 Å². The maximum Gasteiger partial charge on any atom is 1.00 e. The van der Waals surface area contributed by atoms with Gasteiger partial charge >= 0.3 is 41.5 Å². The van der Waals surface area contributed by atoms with Crippen LogP contribution in [0, 0.1) is 0 Å². The van der Waals surface area contributed by atoms with Crippen LogP contribution in [0.1, 0.15) is 181 Å². The Hall–Kier alpha value is -0.870. The van der Waals surface area contributed by atoms with Crippen molar-refractivity contribution in [3.05, 3.63) is 24.3 Å². The minimum absolute atomic E-state index is 0. The van der Waals surface area contributed by atoms with Crippen molar-refractivity contribution in [3.8, 4) is 0 Å². The zero-order chi connectivity index (χ0) is 41.3. The van der Waals surface area contributed by atoms with E-state index in [1.807, 2.05) is 0 Å². The Morgan fingerprint density at radius 2 is 1.09 bits per heavy atom. The van der Waals surface area contributed by atoms with Crippen LogP contribution in [0.5, 0.6) is 0 Å². The van der Waals surface area contributed by atoms with E-state index in [2.05, 4.69) is 38.2 Å². The van der Waals surface area contributed by atoms with Crippen LogP contribution in [-0.4, -0.2) is 96.0 Å². The standard InChI is InChI=1S/C43H78O12S.Na/c1-3-5-7-9-11-13-15-17-18-20-21-23-25-27-29-31-38(44)52-33-36(34-53-43-42(48)41(47)40(46)37(55-43)35-56(49,50)51)54-39(45)32-30-28-26-24-22-19-16-14-12-10-8-6-4-2;/h11,13,17-18,36-37,40-43,46-48H,3-10,12,14-16,19-35H2,1-2H3,(H,49,50,51);/q;+1/p-1/b13-11-,18-17-;/t36-,37-,40-,41+,42-,43+;/m1./s1. The molecule has 1 aliphatic rings. The predicted molar refractivity (Wildman–Crippen MR) is 218 cm³/mol. The Bertz CT molecular complexity index is 1150. The average molecular weight is 841 g/mol. The van der Waals surface area contributed by atoms with Crippen LogP contribution in [-0.2, 0) is 38.7 Å². The van der Waals surface area contributed by atoms with Crippen molar-refractivity contribution < 1.29 is 86.4 Å². The van der Waals surface area contributed by atoms with E-state index in [1.165, 1.54) is 77.0 Å². The summed E-state index contributed by atoms with van der Waals surface area (Å²) in [6.07, 6.45) is 26.2.